The molecule has 1 aromatic carbocycles. The molecule has 1 aliphatic heterocycles. The van der Waals surface area contributed by atoms with Crippen LogP contribution in [0.2, 0.25) is 0 Å². The third kappa shape index (κ3) is 2.50. The van der Waals surface area contributed by atoms with Gasteiger partial charge in [-0.15, -0.1) is 0 Å². The fourth-order valence-electron chi connectivity index (χ4n) is 2.46. The van der Waals surface area contributed by atoms with Gasteiger partial charge in [-0.05, 0) is 24.1 Å². The summed E-state index contributed by atoms with van der Waals surface area (Å²) in [6.07, 6.45) is 3.71. The van der Waals surface area contributed by atoms with Gasteiger partial charge in [0.2, 0.25) is 0 Å². The zero-order valence-electron chi connectivity index (χ0n) is 11.6. The van der Waals surface area contributed by atoms with E-state index < -0.39 is 6.04 Å². The van der Waals surface area contributed by atoms with E-state index in [0.29, 0.717) is 12.1 Å². The number of aryl methyl sites for hydroxylation is 1. The molecule has 0 saturated carbocycles. The number of rotatable bonds is 3. The normalized spacial score (nSPS) is 18.0. The number of nitrogens with one attached hydrogen (secondary N) is 1. The van der Waals surface area contributed by atoms with Crippen LogP contribution in [0.5, 0.6) is 0 Å². The van der Waals surface area contributed by atoms with Crippen molar-refractivity contribution in [2.24, 2.45) is 0 Å². The molecule has 1 atom stereocenters. The van der Waals surface area contributed by atoms with Crippen molar-refractivity contribution in [2.45, 2.75) is 19.4 Å². The van der Waals surface area contributed by atoms with Crippen molar-refractivity contribution in [3.8, 4) is 0 Å². The molecule has 0 bridgehead atoms. The first-order chi connectivity index (χ1) is 10.2. The van der Waals surface area contributed by atoms with E-state index in [-0.39, 0.29) is 11.9 Å². The van der Waals surface area contributed by atoms with Crippen LogP contribution >= 0.6 is 0 Å². The van der Waals surface area contributed by atoms with Gasteiger partial charge in [-0.1, -0.05) is 30.3 Å². The maximum Gasteiger partial charge on any atom is 0.329 e. The lowest BCUT2D eigenvalue weighted by molar-refractivity contribution is -0.118. The van der Waals surface area contributed by atoms with Gasteiger partial charge in [0.05, 0.1) is 5.69 Å². The standard InChI is InChI=1S/C16H15N3O2/c1-11-10-17-8-7-14(11)19-15(20)13(18-16(19)21)9-12-5-3-2-4-6-12/h2-8,10,13H,9H2,1H3,(H,18,21). The SMILES string of the molecule is Cc1cnccc1N1C(=O)NC(Cc2ccccc2)C1=O. The summed E-state index contributed by atoms with van der Waals surface area (Å²) < 4.78 is 0. The van der Waals surface area contributed by atoms with Crippen LogP contribution in [0.25, 0.3) is 0 Å². The Bertz CT molecular complexity index is 685. The maximum atomic E-state index is 12.5. The molecule has 1 aliphatic rings. The highest BCUT2D eigenvalue weighted by atomic mass is 16.2. The Morgan fingerprint density at radius 2 is 1.95 bits per heavy atom. The summed E-state index contributed by atoms with van der Waals surface area (Å²) in [6.45, 7) is 1.83. The number of imide groups is 1. The highest BCUT2D eigenvalue weighted by molar-refractivity contribution is 6.21. The van der Waals surface area contributed by atoms with Crippen LogP contribution in [-0.2, 0) is 11.2 Å². The summed E-state index contributed by atoms with van der Waals surface area (Å²) in [5.74, 6) is -0.224. The van der Waals surface area contributed by atoms with E-state index in [1.165, 1.54) is 4.90 Å². The Kier molecular flexibility index (Phi) is 3.39. The highest BCUT2D eigenvalue weighted by Crippen LogP contribution is 2.23. The van der Waals surface area contributed by atoms with E-state index in [1.54, 1.807) is 18.5 Å². The lowest BCUT2D eigenvalue weighted by atomic mass is 10.1. The molecular weight excluding hydrogens is 266 g/mol. The van der Waals surface area contributed by atoms with Gasteiger partial charge in [0.1, 0.15) is 6.04 Å². The first-order valence-electron chi connectivity index (χ1n) is 6.76. The Morgan fingerprint density at radius 3 is 2.67 bits per heavy atom. The summed E-state index contributed by atoms with van der Waals surface area (Å²) in [5, 5.41) is 2.74. The molecule has 21 heavy (non-hydrogen) atoms. The molecule has 2 heterocycles. The molecule has 1 N–H and O–H groups in total. The van der Waals surface area contributed by atoms with Crippen molar-refractivity contribution in [3.05, 3.63) is 59.9 Å². The monoisotopic (exact) mass is 281 g/mol. The van der Waals surface area contributed by atoms with Crippen LogP contribution in [0.3, 0.4) is 0 Å². The Labute approximate surface area is 122 Å². The molecule has 0 radical (unpaired) electrons. The summed E-state index contributed by atoms with van der Waals surface area (Å²) in [5.41, 5.74) is 2.40. The topological polar surface area (TPSA) is 62.3 Å². The summed E-state index contributed by atoms with van der Waals surface area (Å²) in [6, 6.07) is 10.4. The zero-order valence-corrected chi connectivity index (χ0v) is 11.6. The summed E-state index contributed by atoms with van der Waals surface area (Å²) >= 11 is 0. The van der Waals surface area contributed by atoms with E-state index in [4.69, 9.17) is 0 Å². The van der Waals surface area contributed by atoms with Gasteiger partial charge in [0, 0.05) is 18.8 Å². The van der Waals surface area contributed by atoms with Gasteiger partial charge in [0.25, 0.3) is 5.91 Å². The third-order valence-electron chi connectivity index (χ3n) is 3.53. The summed E-state index contributed by atoms with van der Waals surface area (Å²) in [4.78, 5) is 29.8. The predicted octanol–water partition coefficient (Wildman–Crippen LogP) is 2.06. The van der Waals surface area contributed by atoms with Crippen molar-refractivity contribution in [1.29, 1.82) is 0 Å². The second-order valence-electron chi connectivity index (χ2n) is 5.03. The third-order valence-corrected chi connectivity index (χ3v) is 3.53. The number of anilines is 1. The van der Waals surface area contributed by atoms with E-state index in [9.17, 15) is 9.59 Å². The molecule has 5 heteroatoms. The Morgan fingerprint density at radius 1 is 1.19 bits per heavy atom. The minimum Gasteiger partial charge on any atom is -0.325 e. The average molecular weight is 281 g/mol. The first-order valence-corrected chi connectivity index (χ1v) is 6.76. The Balaban J connectivity index is 1.84. The van der Waals surface area contributed by atoms with E-state index in [1.807, 2.05) is 37.3 Å². The maximum absolute atomic E-state index is 12.5. The number of carbonyl (C=O) groups is 2. The van der Waals surface area contributed by atoms with E-state index >= 15 is 0 Å². The molecule has 0 aliphatic carbocycles. The number of hydrogen-bond acceptors (Lipinski definition) is 3. The quantitative estimate of drug-likeness (QED) is 0.876. The number of aromatic nitrogens is 1. The number of benzene rings is 1. The minimum absolute atomic E-state index is 0.224. The van der Waals surface area contributed by atoms with Gasteiger partial charge < -0.3 is 5.32 Å². The Hall–Kier alpha value is -2.69. The molecule has 3 amide bonds. The zero-order chi connectivity index (χ0) is 14.8. The van der Waals surface area contributed by atoms with Crippen LogP contribution in [-0.4, -0.2) is 23.0 Å². The molecule has 1 fully saturated rings. The molecule has 1 aromatic heterocycles. The second-order valence-corrected chi connectivity index (χ2v) is 5.03. The average Bonchev–Trinajstić information content (AvgIpc) is 2.76. The van der Waals surface area contributed by atoms with Crippen molar-refractivity contribution >= 4 is 17.6 Å². The van der Waals surface area contributed by atoms with Crippen molar-refractivity contribution in [1.82, 2.24) is 10.3 Å². The predicted molar refractivity (Wildman–Crippen MR) is 78.9 cm³/mol. The number of nitrogens with zero attached hydrogens (tertiary/aromatic N) is 2. The van der Waals surface area contributed by atoms with Gasteiger partial charge >= 0.3 is 6.03 Å². The van der Waals surface area contributed by atoms with Crippen LogP contribution in [0.4, 0.5) is 10.5 Å². The van der Waals surface area contributed by atoms with Crippen LogP contribution < -0.4 is 10.2 Å². The van der Waals surface area contributed by atoms with E-state index in [2.05, 4.69) is 10.3 Å². The van der Waals surface area contributed by atoms with Gasteiger partial charge in [0.15, 0.2) is 0 Å². The number of hydrogen-bond donors (Lipinski definition) is 1. The second kappa shape index (κ2) is 5.36. The molecular formula is C16H15N3O2. The lowest BCUT2D eigenvalue weighted by Crippen LogP contribution is -2.32. The minimum atomic E-state index is -0.521. The fourth-order valence-corrected chi connectivity index (χ4v) is 2.46. The molecule has 5 nitrogen and oxygen atoms in total. The van der Waals surface area contributed by atoms with Crippen molar-refractivity contribution < 1.29 is 9.59 Å². The van der Waals surface area contributed by atoms with Crippen molar-refractivity contribution in [2.75, 3.05) is 4.90 Å². The largest absolute Gasteiger partial charge is 0.329 e. The molecule has 2 aromatic rings. The lowest BCUT2D eigenvalue weighted by Gasteiger charge is -2.15. The number of urea groups is 1. The van der Waals surface area contributed by atoms with Gasteiger partial charge in [-0.3, -0.25) is 9.78 Å². The van der Waals surface area contributed by atoms with Gasteiger partial charge in [-0.25, -0.2) is 9.69 Å². The highest BCUT2D eigenvalue weighted by Gasteiger charge is 2.39. The molecule has 0 spiro atoms. The van der Waals surface area contributed by atoms with Gasteiger partial charge in [-0.2, -0.15) is 0 Å². The van der Waals surface area contributed by atoms with E-state index in [0.717, 1.165) is 11.1 Å². The van der Waals surface area contributed by atoms with Crippen LogP contribution in [0.1, 0.15) is 11.1 Å². The number of amides is 3. The number of carbonyl (C=O) groups excluding carboxylic acids is 2. The van der Waals surface area contributed by atoms with Crippen molar-refractivity contribution in [3.63, 3.8) is 0 Å². The van der Waals surface area contributed by atoms with Crippen LogP contribution in [0.15, 0.2) is 48.8 Å². The molecule has 1 unspecified atom stereocenters. The molecule has 3 rings (SSSR count). The fraction of sp³-hybridized carbons (Fsp3) is 0.188. The first kappa shape index (κ1) is 13.3. The molecule has 1 saturated heterocycles. The smallest absolute Gasteiger partial charge is 0.325 e. The molecule has 106 valence electrons. The summed E-state index contributed by atoms with van der Waals surface area (Å²) in [7, 11) is 0. The van der Waals surface area contributed by atoms with Crippen LogP contribution in [0, 0.1) is 6.92 Å². The number of pyridine rings is 1.